The molecule has 0 spiro atoms. The van der Waals surface area contributed by atoms with Crippen molar-refractivity contribution < 1.29 is 34.8 Å². The summed E-state index contributed by atoms with van der Waals surface area (Å²) in [5.74, 6) is -2.66. The molecule has 5 atom stereocenters. The highest BCUT2D eigenvalue weighted by atomic mass is 16.4. The number of carbonyl (C=O) groups excluding carboxylic acids is 2. The SMILES string of the molecule is C[C@@H](O)[C@H](NC(=O)[C@@H]1C[C@@H](O)CN1)C(=O)N[C@@H](Cc1ccc(O)cc1)C(=O)O. The van der Waals surface area contributed by atoms with Crippen LogP contribution in [0.4, 0.5) is 0 Å². The molecule has 0 aromatic heterocycles. The fraction of sp³-hybridized carbons (Fsp3) is 0.500. The van der Waals surface area contributed by atoms with Gasteiger partial charge in [-0.15, -0.1) is 0 Å². The van der Waals surface area contributed by atoms with Gasteiger partial charge in [-0.2, -0.15) is 0 Å². The van der Waals surface area contributed by atoms with Crippen molar-refractivity contribution in [3.05, 3.63) is 29.8 Å². The third-order valence-corrected chi connectivity index (χ3v) is 4.48. The van der Waals surface area contributed by atoms with Gasteiger partial charge in [0.2, 0.25) is 11.8 Å². The molecular weight excluding hydrogens is 370 g/mol. The molecule has 1 aliphatic rings. The fourth-order valence-electron chi connectivity index (χ4n) is 2.91. The Morgan fingerprint density at radius 3 is 2.36 bits per heavy atom. The second-order valence-corrected chi connectivity index (χ2v) is 6.85. The number of rotatable bonds is 8. The van der Waals surface area contributed by atoms with Crippen molar-refractivity contribution in [3.63, 3.8) is 0 Å². The number of hydrogen-bond acceptors (Lipinski definition) is 7. The largest absolute Gasteiger partial charge is 0.508 e. The van der Waals surface area contributed by atoms with Crippen molar-refractivity contribution >= 4 is 17.8 Å². The van der Waals surface area contributed by atoms with Crippen LogP contribution < -0.4 is 16.0 Å². The molecule has 10 nitrogen and oxygen atoms in total. The van der Waals surface area contributed by atoms with Crippen LogP contribution in [0.25, 0.3) is 0 Å². The zero-order valence-electron chi connectivity index (χ0n) is 15.3. The van der Waals surface area contributed by atoms with E-state index in [1.807, 2.05) is 0 Å². The molecule has 0 unspecified atom stereocenters. The standard InChI is InChI=1S/C18H25N3O7/c1-9(22)15(21-16(25)13-7-12(24)8-19-13)17(26)20-14(18(27)28)6-10-2-4-11(23)5-3-10/h2-5,9,12-15,19,22-24H,6-8H2,1H3,(H,20,26)(H,21,25)(H,27,28)/t9-,12-,13+,14+,15+/m1/s1. The summed E-state index contributed by atoms with van der Waals surface area (Å²) in [6, 6.07) is 2.52. The fourth-order valence-corrected chi connectivity index (χ4v) is 2.91. The molecule has 1 aromatic rings. The van der Waals surface area contributed by atoms with E-state index in [0.29, 0.717) is 5.56 Å². The second-order valence-electron chi connectivity index (χ2n) is 6.85. The first-order valence-electron chi connectivity index (χ1n) is 8.88. The number of aliphatic hydroxyl groups excluding tert-OH is 2. The molecule has 10 heteroatoms. The third-order valence-electron chi connectivity index (χ3n) is 4.48. The number of aliphatic hydroxyl groups is 2. The number of phenols is 1. The number of carboxylic acids is 1. The summed E-state index contributed by atoms with van der Waals surface area (Å²) < 4.78 is 0. The van der Waals surface area contributed by atoms with Crippen LogP contribution in [0.1, 0.15) is 18.9 Å². The van der Waals surface area contributed by atoms with Gasteiger partial charge < -0.3 is 36.4 Å². The lowest BCUT2D eigenvalue weighted by Crippen LogP contribution is -2.58. The number of β-amino-alcohol motifs (C(OH)–C–C–N with tert-alkyl or cyclic N) is 1. The van der Waals surface area contributed by atoms with Crippen LogP contribution in [0.15, 0.2) is 24.3 Å². The molecule has 1 heterocycles. The molecule has 1 saturated heterocycles. The Balaban J connectivity index is 2.02. The number of benzene rings is 1. The van der Waals surface area contributed by atoms with Gasteiger partial charge in [0, 0.05) is 13.0 Å². The number of carboxylic acid groups (broad SMARTS) is 1. The van der Waals surface area contributed by atoms with Gasteiger partial charge in [-0.25, -0.2) is 4.79 Å². The highest BCUT2D eigenvalue weighted by Gasteiger charge is 2.34. The first-order chi connectivity index (χ1) is 13.2. The molecule has 1 fully saturated rings. The molecule has 2 amide bonds. The van der Waals surface area contributed by atoms with E-state index in [1.165, 1.54) is 31.2 Å². The van der Waals surface area contributed by atoms with Crippen LogP contribution in [0.2, 0.25) is 0 Å². The minimum atomic E-state index is -1.35. The Bertz CT molecular complexity index is 708. The topological polar surface area (TPSA) is 168 Å². The Morgan fingerprint density at radius 2 is 1.86 bits per heavy atom. The van der Waals surface area contributed by atoms with Gasteiger partial charge in [-0.1, -0.05) is 12.1 Å². The third kappa shape index (κ3) is 5.91. The predicted molar refractivity (Wildman–Crippen MR) is 97.4 cm³/mol. The van der Waals surface area contributed by atoms with Gasteiger partial charge in [-0.05, 0) is 31.0 Å². The lowest BCUT2D eigenvalue weighted by atomic mass is 10.0. The quantitative estimate of drug-likeness (QED) is 0.268. The Hall–Kier alpha value is -2.69. The van der Waals surface area contributed by atoms with E-state index >= 15 is 0 Å². The summed E-state index contributed by atoms with van der Waals surface area (Å²) in [5, 5.41) is 45.6. The maximum Gasteiger partial charge on any atom is 0.326 e. The van der Waals surface area contributed by atoms with Crippen molar-refractivity contribution in [3.8, 4) is 5.75 Å². The summed E-state index contributed by atoms with van der Waals surface area (Å²) in [6.07, 6.45) is -1.80. The van der Waals surface area contributed by atoms with Crippen molar-refractivity contribution in [2.24, 2.45) is 0 Å². The Morgan fingerprint density at radius 1 is 1.21 bits per heavy atom. The van der Waals surface area contributed by atoms with Gasteiger partial charge in [0.25, 0.3) is 0 Å². The van der Waals surface area contributed by atoms with Crippen LogP contribution in [0.3, 0.4) is 0 Å². The maximum absolute atomic E-state index is 12.5. The predicted octanol–water partition coefficient (Wildman–Crippen LogP) is -1.91. The van der Waals surface area contributed by atoms with E-state index in [4.69, 9.17) is 0 Å². The van der Waals surface area contributed by atoms with Crippen molar-refractivity contribution in [1.82, 2.24) is 16.0 Å². The highest BCUT2D eigenvalue weighted by molar-refractivity contribution is 5.92. The lowest BCUT2D eigenvalue weighted by Gasteiger charge is -2.24. The zero-order valence-corrected chi connectivity index (χ0v) is 15.3. The molecule has 1 aromatic carbocycles. The van der Waals surface area contributed by atoms with Crippen LogP contribution >= 0.6 is 0 Å². The molecule has 0 aliphatic carbocycles. The first kappa shape index (κ1) is 21.6. The highest BCUT2D eigenvalue weighted by Crippen LogP contribution is 2.12. The molecule has 7 N–H and O–H groups in total. The minimum absolute atomic E-state index is 0.0298. The van der Waals surface area contributed by atoms with Gasteiger partial charge >= 0.3 is 5.97 Å². The normalized spacial score (nSPS) is 22.1. The Kier molecular flexibility index (Phi) is 7.32. The van der Waals surface area contributed by atoms with Gasteiger partial charge in [0.05, 0.1) is 18.2 Å². The second kappa shape index (κ2) is 9.49. The maximum atomic E-state index is 12.5. The number of aromatic hydroxyl groups is 1. The van der Waals surface area contributed by atoms with Crippen LogP contribution in [-0.4, -0.2) is 75.1 Å². The van der Waals surface area contributed by atoms with Gasteiger partial charge in [0.15, 0.2) is 0 Å². The number of hydrogen-bond donors (Lipinski definition) is 7. The number of amides is 2. The van der Waals surface area contributed by atoms with Gasteiger partial charge in [0.1, 0.15) is 17.8 Å². The molecule has 154 valence electrons. The average Bonchev–Trinajstić information content (AvgIpc) is 3.06. The van der Waals surface area contributed by atoms with Crippen molar-refractivity contribution in [2.45, 2.75) is 50.1 Å². The average molecular weight is 395 g/mol. The number of carbonyl (C=O) groups is 3. The molecule has 1 aliphatic heterocycles. The summed E-state index contributed by atoms with van der Waals surface area (Å²) in [5.41, 5.74) is 0.576. The summed E-state index contributed by atoms with van der Waals surface area (Å²) in [4.78, 5) is 36.3. The van der Waals surface area contributed by atoms with Gasteiger partial charge in [-0.3, -0.25) is 9.59 Å². The lowest BCUT2D eigenvalue weighted by molar-refractivity contribution is -0.142. The summed E-state index contributed by atoms with van der Waals surface area (Å²) in [7, 11) is 0. The van der Waals surface area contributed by atoms with Crippen LogP contribution in [0, 0.1) is 0 Å². The molecular formula is C18H25N3O7. The van der Waals surface area contributed by atoms with E-state index in [0.717, 1.165) is 0 Å². The number of nitrogens with one attached hydrogen (secondary N) is 3. The van der Waals surface area contributed by atoms with E-state index in [9.17, 15) is 34.8 Å². The smallest absolute Gasteiger partial charge is 0.326 e. The monoisotopic (exact) mass is 395 g/mol. The van der Waals surface area contributed by atoms with Crippen LogP contribution in [0.5, 0.6) is 5.75 Å². The van der Waals surface area contributed by atoms with Crippen LogP contribution in [-0.2, 0) is 20.8 Å². The van der Waals surface area contributed by atoms with E-state index < -0.39 is 48.1 Å². The minimum Gasteiger partial charge on any atom is -0.508 e. The molecule has 0 saturated carbocycles. The summed E-state index contributed by atoms with van der Waals surface area (Å²) >= 11 is 0. The zero-order chi connectivity index (χ0) is 20.8. The van der Waals surface area contributed by atoms with E-state index in [-0.39, 0.29) is 25.1 Å². The number of aliphatic carboxylic acids is 1. The Labute approximate surface area is 161 Å². The van der Waals surface area contributed by atoms with E-state index in [2.05, 4.69) is 16.0 Å². The molecule has 2 rings (SSSR count). The summed E-state index contributed by atoms with van der Waals surface area (Å²) in [6.45, 7) is 1.55. The number of phenolic OH excluding ortho intramolecular Hbond substituents is 1. The van der Waals surface area contributed by atoms with Crippen molar-refractivity contribution in [2.75, 3.05) is 6.54 Å². The first-order valence-corrected chi connectivity index (χ1v) is 8.88. The van der Waals surface area contributed by atoms with E-state index in [1.54, 1.807) is 0 Å². The van der Waals surface area contributed by atoms with Crippen molar-refractivity contribution in [1.29, 1.82) is 0 Å². The molecule has 0 radical (unpaired) electrons. The molecule has 28 heavy (non-hydrogen) atoms. The molecule has 0 bridgehead atoms.